The van der Waals surface area contributed by atoms with Crippen molar-refractivity contribution < 1.29 is 5.11 Å². The Balaban J connectivity index is 2.52. The third-order valence-corrected chi connectivity index (χ3v) is 2.81. The molecule has 0 aliphatic carbocycles. The molecule has 0 atom stereocenters. The maximum Gasteiger partial charge on any atom is 0.123 e. The predicted octanol–water partition coefficient (Wildman–Crippen LogP) is 3.43. The monoisotopic (exact) mass is 190 g/mol. The molecule has 2 heteroatoms. The summed E-state index contributed by atoms with van der Waals surface area (Å²) in [5.74, 6) is 0.348. The molecule has 2 aromatic rings. The molecular formula is C11H10OS. The van der Waals surface area contributed by atoms with Gasteiger partial charge >= 0.3 is 0 Å². The average molecular weight is 190 g/mol. The molecule has 1 heterocycles. The minimum atomic E-state index is 0.348. The second-order valence-electron chi connectivity index (χ2n) is 2.96. The van der Waals surface area contributed by atoms with Gasteiger partial charge in [0.25, 0.3) is 0 Å². The van der Waals surface area contributed by atoms with Crippen molar-refractivity contribution in [3.8, 4) is 16.9 Å². The summed E-state index contributed by atoms with van der Waals surface area (Å²) in [6, 6.07) is 9.49. The van der Waals surface area contributed by atoms with Gasteiger partial charge < -0.3 is 5.11 Å². The van der Waals surface area contributed by atoms with Gasteiger partial charge in [0.2, 0.25) is 0 Å². The zero-order valence-electron chi connectivity index (χ0n) is 7.32. The highest BCUT2D eigenvalue weighted by molar-refractivity contribution is 7.10. The van der Waals surface area contributed by atoms with Crippen LogP contribution in [0.4, 0.5) is 0 Å². The molecule has 0 bridgehead atoms. The van der Waals surface area contributed by atoms with E-state index in [1.54, 1.807) is 17.4 Å². The SMILES string of the molecule is Cc1cc(-c2ccccc2O)cs1. The fraction of sp³-hybridized carbons (Fsp3) is 0.0909. The van der Waals surface area contributed by atoms with Crippen LogP contribution in [-0.2, 0) is 0 Å². The third kappa shape index (κ3) is 1.58. The van der Waals surface area contributed by atoms with Crippen molar-refractivity contribution in [1.82, 2.24) is 0 Å². The lowest BCUT2D eigenvalue weighted by molar-refractivity contribution is 0.477. The molecule has 13 heavy (non-hydrogen) atoms. The van der Waals surface area contributed by atoms with Gasteiger partial charge in [0, 0.05) is 10.4 Å². The van der Waals surface area contributed by atoms with E-state index < -0.39 is 0 Å². The van der Waals surface area contributed by atoms with Gasteiger partial charge in [0.05, 0.1) is 0 Å². The van der Waals surface area contributed by atoms with Crippen molar-refractivity contribution in [1.29, 1.82) is 0 Å². The molecule has 0 unspecified atom stereocenters. The van der Waals surface area contributed by atoms with Gasteiger partial charge in [-0.3, -0.25) is 0 Å². The van der Waals surface area contributed by atoms with Crippen molar-refractivity contribution in [2.45, 2.75) is 6.92 Å². The lowest BCUT2D eigenvalue weighted by Crippen LogP contribution is -1.73. The maximum absolute atomic E-state index is 9.58. The predicted molar refractivity (Wildman–Crippen MR) is 56.2 cm³/mol. The molecule has 0 saturated heterocycles. The van der Waals surface area contributed by atoms with E-state index in [-0.39, 0.29) is 0 Å². The molecule has 1 nitrogen and oxygen atoms in total. The van der Waals surface area contributed by atoms with Gasteiger partial charge in [0.15, 0.2) is 0 Å². The molecule has 1 aromatic heterocycles. The summed E-state index contributed by atoms with van der Waals surface area (Å²) < 4.78 is 0. The summed E-state index contributed by atoms with van der Waals surface area (Å²) in [6.07, 6.45) is 0. The highest BCUT2D eigenvalue weighted by Gasteiger charge is 2.03. The zero-order chi connectivity index (χ0) is 9.26. The van der Waals surface area contributed by atoms with E-state index in [0.717, 1.165) is 11.1 Å². The average Bonchev–Trinajstić information content (AvgIpc) is 2.53. The first-order chi connectivity index (χ1) is 6.27. The number of thiophene rings is 1. The fourth-order valence-corrected chi connectivity index (χ4v) is 2.01. The quantitative estimate of drug-likeness (QED) is 0.730. The van der Waals surface area contributed by atoms with Crippen LogP contribution in [-0.4, -0.2) is 5.11 Å². The first-order valence-corrected chi connectivity index (χ1v) is 4.99. The first-order valence-electron chi connectivity index (χ1n) is 4.11. The van der Waals surface area contributed by atoms with Gasteiger partial charge in [-0.05, 0) is 30.0 Å². The van der Waals surface area contributed by atoms with Crippen LogP contribution in [0.2, 0.25) is 0 Å². The van der Waals surface area contributed by atoms with Crippen LogP contribution in [0.1, 0.15) is 4.88 Å². The molecule has 0 spiro atoms. The van der Waals surface area contributed by atoms with E-state index in [9.17, 15) is 5.11 Å². The van der Waals surface area contributed by atoms with Crippen molar-refractivity contribution in [3.05, 3.63) is 40.6 Å². The van der Waals surface area contributed by atoms with E-state index in [1.165, 1.54) is 4.88 Å². The first kappa shape index (κ1) is 8.32. The van der Waals surface area contributed by atoms with Crippen LogP contribution in [0.3, 0.4) is 0 Å². The van der Waals surface area contributed by atoms with Crippen LogP contribution in [0.5, 0.6) is 5.75 Å². The summed E-state index contributed by atoms with van der Waals surface area (Å²) in [5.41, 5.74) is 2.01. The van der Waals surface area contributed by atoms with Gasteiger partial charge in [-0.2, -0.15) is 0 Å². The van der Waals surface area contributed by atoms with E-state index in [1.807, 2.05) is 18.2 Å². The Hall–Kier alpha value is -1.28. The Morgan fingerprint density at radius 2 is 2.00 bits per heavy atom. The third-order valence-electron chi connectivity index (χ3n) is 1.95. The topological polar surface area (TPSA) is 20.2 Å². The van der Waals surface area contributed by atoms with Gasteiger partial charge in [-0.25, -0.2) is 0 Å². The van der Waals surface area contributed by atoms with Crippen molar-refractivity contribution >= 4 is 11.3 Å². The summed E-state index contributed by atoms with van der Waals surface area (Å²) >= 11 is 1.70. The number of benzene rings is 1. The Morgan fingerprint density at radius 1 is 1.23 bits per heavy atom. The van der Waals surface area contributed by atoms with Crippen LogP contribution < -0.4 is 0 Å². The minimum Gasteiger partial charge on any atom is -0.507 e. The molecule has 0 aliphatic rings. The number of rotatable bonds is 1. The summed E-state index contributed by atoms with van der Waals surface area (Å²) in [4.78, 5) is 1.26. The molecule has 0 aliphatic heterocycles. The van der Waals surface area contributed by atoms with Crippen LogP contribution >= 0.6 is 11.3 Å². The minimum absolute atomic E-state index is 0.348. The highest BCUT2D eigenvalue weighted by Crippen LogP contribution is 2.31. The summed E-state index contributed by atoms with van der Waals surface area (Å²) in [5, 5.41) is 11.6. The van der Waals surface area contributed by atoms with Crippen molar-refractivity contribution in [3.63, 3.8) is 0 Å². The number of hydrogen-bond acceptors (Lipinski definition) is 2. The number of aromatic hydroxyl groups is 1. The van der Waals surface area contributed by atoms with E-state index >= 15 is 0 Å². The molecule has 0 fully saturated rings. The molecular weight excluding hydrogens is 180 g/mol. The lowest BCUT2D eigenvalue weighted by Gasteiger charge is -1.99. The summed E-state index contributed by atoms with van der Waals surface area (Å²) in [6.45, 7) is 2.06. The molecule has 0 saturated carbocycles. The molecule has 1 aromatic carbocycles. The molecule has 66 valence electrons. The number of hydrogen-bond donors (Lipinski definition) is 1. The molecule has 0 radical (unpaired) electrons. The van der Waals surface area contributed by atoms with Gasteiger partial charge in [-0.15, -0.1) is 11.3 Å². The number of phenols is 1. The van der Waals surface area contributed by atoms with Gasteiger partial charge in [-0.1, -0.05) is 18.2 Å². The highest BCUT2D eigenvalue weighted by atomic mass is 32.1. The Bertz CT molecular complexity index is 418. The van der Waals surface area contributed by atoms with Gasteiger partial charge in [0.1, 0.15) is 5.75 Å². The Morgan fingerprint density at radius 3 is 2.62 bits per heavy atom. The molecule has 0 amide bonds. The maximum atomic E-state index is 9.58. The van der Waals surface area contributed by atoms with Crippen LogP contribution in [0, 0.1) is 6.92 Å². The van der Waals surface area contributed by atoms with Crippen LogP contribution in [0.25, 0.3) is 11.1 Å². The van der Waals surface area contributed by atoms with Crippen LogP contribution in [0.15, 0.2) is 35.7 Å². The molecule has 1 N–H and O–H groups in total. The normalized spacial score (nSPS) is 10.2. The second-order valence-corrected chi connectivity index (χ2v) is 4.08. The van der Waals surface area contributed by atoms with E-state index in [0.29, 0.717) is 5.75 Å². The fourth-order valence-electron chi connectivity index (χ4n) is 1.30. The number of phenolic OH excluding ortho intramolecular Hbond substituents is 1. The standard InChI is InChI=1S/C11H10OS/c1-8-6-9(7-13-8)10-4-2-3-5-11(10)12/h2-7,12H,1H3. The second kappa shape index (κ2) is 3.23. The Kier molecular flexibility index (Phi) is 2.07. The summed E-state index contributed by atoms with van der Waals surface area (Å²) in [7, 11) is 0. The smallest absolute Gasteiger partial charge is 0.123 e. The Labute approximate surface area is 81.3 Å². The lowest BCUT2D eigenvalue weighted by atomic mass is 10.1. The van der Waals surface area contributed by atoms with E-state index in [2.05, 4.69) is 18.4 Å². The largest absolute Gasteiger partial charge is 0.507 e. The number of para-hydroxylation sites is 1. The van der Waals surface area contributed by atoms with E-state index in [4.69, 9.17) is 0 Å². The molecule has 2 rings (SSSR count). The van der Waals surface area contributed by atoms with Crippen molar-refractivity contribution in [2.75, 3.05) is 0 Å². The zero-order valence-corrected chi connectivity index (χ0v) is 8.14. The van der Waals surface area contributed by atoms with Crippen molar-refractivity contribution in [2.24, 2.45) is 0 Å². The number of aryl methyl sites for hydroxylation is 1.